The van der Waals surface area contributed by atoms with E-state index in [0.29, 0.717) is 18.3 Å². The molecule has 28 heavy (non-hydrogen) atoms. The predicted octanol–water partition coefficient (Wildman–Crippen LogP) is 0.884. The summed E-state index contributed by atoms with van der Waals surface area (Å²) in [5.41, 5.74) is 1.51. The largest absolute Gasteiger partial charge is 0.354 e. The van der Waals surface area contributed by atoms with Crippen LogP contribution in [-0.2, 0) is 6.54 Å². The molecular weight excluding hydrogens is 354 g/mol. The molecule has 8 heteroatoms. The highest BCUT2D eigenvalue weighted by Gasteiger charge is 2.20. The van der Waals surface area contributed by atoms with E-state index in [-0.39, 0.29) is 5.91 Å². The summed E-state index contributed by atoms with van der Waals surface area (Å²) in [6, 6.07) is 6.09. The first kappa shape index (κ1) is 18.9. The number of nitrogens with one attached hydrogen (secondary N) is 2. The molecular formula is C20H29N7O. The maximum atomic E-state index is 12.6. The molecule has 0 aromatic carbocycles. The van der Waals surface area contributed by atoms with Gasteiger partial charge in [-0.25, -0.2) is 4.98 Å². The standard InChI is InChI=1S/C20H29N7O/c1-25-10-12-26(13-11-25)19-16(4-2-8-22-19)14-23-20(28)18-6-9-27(24-18)17-5-3-7-21-15-17/h2,4,6,8-9,17,21H,3,5,7,10-15H2,1H3,(H,23,28). The highest BCUT2D eigenvalue weighted by atomic mass is 16.1. The smallest absolute Gasteiger partial charge is 0.272 e. The summed E-state index contributed by atoms with van der Waals surface area (Å²) >= 11 is 0. The zero-order valence-corrected chi connectivity index (χ0v) is 16.5. The molecule has 2 aromatic heterocycles. The zero-order chi connectivity index (χ0) is 19.3. The Morgan fingerprint density at radius 1 is 1.29 bits per heavy atom. The van der Waals surface area contributed by atoms with Crippen LogP contribution in [0.5, 0.6) is 0 Å². The van der Waals surface area contributed by atoms with E-state index in [9.17, 15) is 4.79 Å². The van der Waals surface area contributed by atoms with Crippen LogP contribution in [0, 0.1) is 0 Å². The van der Waals surface area contributed by atoms with Gasteiger partial charge < -0.3 is 20.4 Å². The number of nitrogens with zero attached hydrogens (tertiary/aromatic N) is 5. The van der Waals surface area contributed by atoms with Crippen molar-refractivity contribution >= 4 is 11.7 Å². The Balaban J connectivity index is 1.38. The molecule has 1 unspecified atom stereocenters. The minimum absolute atomic E-state index is 0.143. The van der Waals surface area contributed by atoms with Gasteiger partial charge in [0.15, 0.2) is 0 Å². The van der Waals surface area contributed by atoms with Crippen molar-refractivity contribution in [1.82, 2.24) is 30.3 Å². The number of piperidine rings is 1. The van der Waals surface area contributed by atoms with Crippen molar-refractivity contribution < 1.29 is 4.79 Å². The molecule has 2 aliphatic heterocycles. The second kappa shape index (κ2) is 8.70. The van der Waals surface area contributed by atoms with Crippen LogP contribution >= 0.6 is 0 Å². The zero-order valence-electron chi connectivity index (χ0n) is 16.5. The molecule has 0 spiro atoms. The number of piperazine rings is 1. The third-order valence-corrected chi connectivity index (χ3v) is 5.60. The fourth-order valence-electron chi connectivity index (χ4n) is 3.86. The van der Waals surface area contributed by atoms with Gasteiger partial charge >= 0.3 is 0 Å². The first-order valence-corrected chi connectivity index (χ1v) is 10.1. The van der Waals surface area contributed by atoms with Crippen LogP contribution in [0.25, 0.3) is 0 Å². The van der Waals surface area contributed by atoms with Gasteiger partial charge in [-0.3, -0.25) is 9.48 Å². The van der Waals surface area contributed by atoms with Crippen molar-refractivity contribution in [2.75, 3.05) is 51.2 Å². The van der Waals surface area contributed by atoms with Gasteiger partial charge in [0.05, 0.1) is 6.04 Å². The Labute approximate surface area is 165 Å². The number of likely N-dealkylation sites (N-methyl/N-ethyl adjacent to an activating group) is 1. The van der Waals surface area contributed by atoms with Crippen molar-refractivity contribution in [1.29, 1.82) is 0 Å². The molecule has 2 fully saturated rings. The van der Waals surface area contributed by atoms with Gasteiger partial charge in [-0.05, 0) is 38.6 Å². The summed E-state index contributed by atoms with van der Waals surface area (Å²) in [6.45, 7) is 6.37. The summed E-state index contributed by atoms with van der Waals surface area (Å²) in [4.78, 5) is 21.8. The minimum atomic E-state index is -0.143. The van der Waals surface area contributed by atoms with Gasteiger partial charge in [0.2, 0.25) is 0 Å². The van der Waals surface area contributed by atoms with Crippen LogP contribution in [-0.4, -0.2) is 71.9 Å². The average molecular weight is 384 g/mol. The Hall–Kier alpha value is -2.45. The lowest BCUT2D eigenvalue weighted by Gasteiger charge is -2.34. The van der Waals surface area contributed by atoms with E-state index in [1.54, 1.807) is 6.07 Å². The number of pyridine rings is 1. The van der Waals surface area contributed by atoms with Crippen LogP contribution < -0.4 is 15.5 Å². The number of anilines is 1. The molecule has 2 aliphatic rings. The van der Waals surface area contributed by atoms with Gasteiger partial charge in [-0.2, -0.15) is 5.10 Å². The second-order valence-electron chi connectivity index (χ2n) is 7.64. The molecule has 150 valence electrons. The molecule has 4 rings (SSSR count). The van der Waals surface area contributed by atoms with Crippen molar-refractivity contribution in [2.45, 2.75) is 25.4 Å². The molecule has 1 amide bonds. The Bertz CT molecular complexity index is 791. The lowest BCUT2D eigenvalue weighted by Crippen LogP contribution is -2.45. The molecule has 0 radical (unpaired) electrons. The second-order valence-corrected chi connectivity index (χ2v) is 7.64. The number of hydrogen-bond acceptors (Lipinski definition) is 6. The van der Waals surface area contributed by atoms with E-state index in [0.717, 1.165) is 63.5 Å². The molecule has 8 nitrogen and oxygen atoms in total. The van der Waals surface area contributed by atoms with E-state index in [2.05, 4.69) is 37.6 Å². The molecule has 2 saturated heterocycles. The quantitative estimate of drug-likeness (QED) is 0.798. The van der Waals surface area contributed by atoms with Gasteiger partial charge in [-0.1, -0.05) is 6.07 Å². The first-order valence-electron chi connectivity index (χ1n) is 10.1. The molecule has 4 heterocycles. The number of rotatable bonds is 5. The highest BCUT2D eigenvalue weighted by Crippen LogP contribution is 2.19. The molecule has 2 N–H and O–H groups in total. The predicted molar refractivity (Wildman–Crippen MR) is 108 cm³/mol. The fourth-order valence-corrected chi connectivity index (χ4v) is 3.86. The van der Waals surface area contributed by atoms with Gasteiger partial charge in [0, 0.05) is 57.2 Å². The SMILES string of the molecule is CN1CCN(c2ncccc2CNC(=O)c2ccn(C3CCCNC3)n2)CC1. The van der Waals surface area contributed by atoms with E-state index < -0.39 is 0 Å². The monoisotopic (exact) mass is 383 g/mol. The van der Waals surface area contributed by atoms with E-state index in [4.69, 9.17) is 0 Å². The summed E-state index contributed by atoms with van der Waals surface area (Å²) in [5, 5.41) is 10.9. The number of carbonyl (C=O) groups is 1. The fraction of sp³-hybridized carbons (Fsp3) is 0.550. The Morgan fingerprint density at radius 2 is 2.14 bits per heavy atom. The number of hydrogen-bond donors (Lipinski definition) is 2. The van der Waals surface area contributed by atoms with Gasteiger partial charge in [-0.15, -0.1) is 0 Å². The lowest BCUT2D eigenvalue weighted by molar-refractivity contribution is 0.0944. The van der Waals surface area contributed by atoms with Crippen LogP contribution in [0.3, 0.4) is 0 Å². The van der Waals surface area contributed by atoms with E-state index in [1.165, 1.54) is 0 Å². The van der Waals surface area contributed by atoms with Gasteiger partial charge in [0.25, 0.3) is 5.91 Å². The molecule has 0 saturated carbocycles. The molecule has 2 aromatic rings. The summed E-state index contributed by atoms with van der Waals surface area (Å²) in [5.74, 6) is 0.824. The average Bonchev–Trinajstić information content (AvgIpc) is 3.24. The third-order valence-electron chi connectivity index (χ3n) is 5.60. The number of carbonyl (C=O) groups excluding carboxylic acids is 1. The number of amides is 1. The third kappa shape index (κ3) is 4.34. The van der Waals surface area contributed by atoms with E-state index in [1.807, 2.05) is 29.2 Å². The summed E-state index contributed by atoms with van der Waals surface area (Å²) in [7, 11) is 2.14. The lowest BCUT2D eigenvalue weighted by atomic mass is 10.1. The maximum Gasteiger partial charge on any atom is 0.272 e. The summed E-state index contributed by atoms with van der Waals surface area (Å²) in [6.07, 6.45) is 5.97. The van der Waals surface area contributed by atoms with Crippen LogP contribution in [0.4, 0.5) is 5.82 Å². The van der Waals surface area contributed by atoms with Crippen molar-refractivity contribution in [3.05, 3.63) is 41.9 Å². The minimum Gasteiger partial charge on any atom is -0.354 e. The van der Waals surface area contributed by atoms with Crippen molar-refractivity contribution in [3.8, 4) is 0 Å². The molecule has 0 bridgehead atoms. The Morgan fingerprint density at radius 3 is 2.93 bits per heavy atom. The maximum absolute atomic E-state index is 12.6. The normalized spacial score (nSPS) is 20.9. The molecule has 0 aliphatic carbocycles. The first-order chi connectivity index (χ1) is 13.7. The van der Waals surface area contributed by atoms with Crippen LogP contribution in [0.2, 0.25) is 0 Å². The van der Waals surface area contributed by atoms with Crippen LogP contribution in [0.15, 0.2) is 30.6 Å². The van der Waals surface area contributed by atoms with Crippen molar-refractivity contribution in [2.24, 2.45) is 0 Å². The van der Waals surface area contributed by atoms with Crippen LogP contribution in [0.1, 0.15) is 34.9 Å². The number of aromatic nitrogens is 3. The van der Waals surface area contributed by atoms with E-state index >= 15 is 0 Å². The van der Waals surface area contributed by atoms with Gasteiger partial charge in [0.1, 0.15) is 11.5 Å². The molecule has 1 atom stereocenters. The highest BCUT2D eigenvalue weighted by molar-refractivity contribution is 5.92. The van der Waals surface area contributed by atoms with Crippen molar-refractivity contribution in [3.63, 3.8) is 0 Å². The topological polar surface area (TPSA) is 78.3 Å². The summed E-state index contributed by atoms with van der Waals surface area (Å²) < 4.78 is 1.92. The Kier molecular flexibility index (Phi) is 5.87.